The molecule has 0 radical (unpaired) electrons. The maximum absolute atomic E-state index is 12.2. The van der Waals surface area contributed by atoms with Gasteiger partial charge in [0.25, 0.3) is 11.6 Å². The van der Waals surface area contributed by atoms with Gasteiger partial charge in [-0.3, -0.25) is 14.9 Å². The molecule has 1 heterocycles. The number of benzene rings is 1. The summed E-state index contributed by atoms with van der Waals surface area (Å²) in [7, 11) is 1.54. The van der Waals surface area contributed by atoms with Crippen molar-refractivity contribution in [3.8, 4) is 0 Å². The summed E-state index contributed by atoms with van der Waals surface area (Å²) in [4.78, 5) is 23.6. The summed E-state index contributed by atoms with van der Waals surface area (Å²) < 4.78 is 0. The minimum atomic E-state index is -0.504. The van der Waals surface area contributed by atoms with Crippen LogP contribution in [0, 0.1) is 10.1 Å². The molecule has 0 spiro atoms. The Morgan fingerprint density at radius 2 is 1.90 bits per heavy atom. The summed E-state index contributed by atoms with van der Waals surface area (Å²) >= 11 is 0. The van der Waals surface area contributed by atoms with Crippen LogP contribution < -0.4 is 16.2 Å². The number of hydrazine groups is 1. The summed E-state index contributed by atoms with van der Waals surface area (Å²) in [6, 6.07) is 8.62. The van der Waals surface area contributed by atoms with Crippen molar-refractivity contribution in [1.82, 2.24) is 10.2 Å². The van der Waals surface area contributed by atoms with Crippen LogP contribution >= 0.6 is 0 Å². The Kier molecular flexibility index (Phi) is 4.05. The summed E-state index contributed by atoms with van der Waals surface area (Å²) in [6.07, 6.45) is 0. The lowest BCUT2D eigenvalue weighted by molar-refractivity contribution is -0.384. The maximum Gasteiger partial charge on any atom is 0.278 e. The number of carbonyl (C=O) groups is 1. The van der Waals surface area contributed by atoms with Crippen LogP contribution in [0.4, 0.5) is 17.2 Å². The molecule has 1 aromatic heterocycles. The molecule has 0 saturated carbocycles. The number of amides is 1. The van der Waals surface area contributed by atoms with Crippen LogP contribution in [0.5, 0.6) is 0 Å². The Bertz CT molecular complexity index is 656. The van der Waals surface area contributed by atoms with Crippen molar-refractivity contribution in [3.05, 3.63) is 52.2 Å². The first-order valence-corrected chi connectivity index (χ1v) is 5.86. The number of aromatic nitrogens is 2. The smallest absolute Gasteiger partial charge is 0.278 e. The second kappa shape index (κ2) is 5.92. The number of nitrogens with two attached hydrogens (primary N) is 1. The van der Waals surface area contributed by atoms with Gasteiger partial charge in [0.2, 0.25) is 0 Å². The van der Waals surface area contributed by atoms with Gasteiger partial charge in [-0.25, -0.2) is 5.84 Å². The van der Waals surface area contributed by atoms with E-state index in [-0.39, 0.29) is 17.3 Å². The Hall–Kier alpha value is -3.07. The van der Waals surface area contributed by atoms with E-state index in [4.69, 9.17) is 5.84 Å². The van der Waals surface area contributed by atoms with Gasteiger partial charge in [-0.1, -0.05) is 0 Å². The molecule has 0 bridgehead atoms. The highest BCUT2D eigenvalue weighted by Gasteiger charge is 2.16. The highest BCUT2D eigenvalue weighted by atomic mass is 16.6. The first-order valence-electron chi connectivity index (χ1n) is 5.86. The molecule has 1 amide bonds. The Labute approximate surface area is 119 Å². The molecule has 0 aliphatic rings. The van der Waals surface area contributed by atoms with Crippen molar-refractivity contribution < 1.29 is 9.72 Å². The number of nitro groups is 1. The van der Waals surface area contributed by atoms with Crippen molar-refractivity contribution in [2.75, 3.05) is 17.4 Å². The van der Waals surface area contributed by atoms with Crippen molar-refractivity contribution in [2.45, 2.75) is 0 Å². The number of hydrogen-bond acceptors (Lipinski definition) is 7. The molecule has 0 fully saturated rings. The fourth-order valence-electron chi connectivity index (χ4n) is 1.61. The number of nitrogens with zero attached hydrogens (tertiary/aromatic N) is 4. The summed E-state index contributed by atoms with van der Waals surface area (Å²) in [5.41, 5.74) is 2.91. The molecule has 21 heavy (non-hydrogen) atoms. The fourth-order valence-corrected chi connectivity index (χ4v) is 1.61. The van der Waals surface area contributed by atoms with Crippen LogP contribution in [0.3, 0.4) is 0 Å². The van der Waals surface area contributed by atoms with Gasteiger partial charge in [0.1, 0.15) is 0 Å². The summed E-state index contributed by atoms with van der Waals surface area (Å²) in [5, 5.41) is 18.0. The highest BCUT2D eigenvalue weighted by molar-refractivity contribution is 6.04. The largest absolute Gasteiger partial charge is 0.310 e. The number of hydrogen-bond donors (Lipinski definition) is 2. The van der Waals surface area contributed by atoms with Crippen LogP contribution in [0.25, 0.3) is 0 Å². The van der Waals surface area contributed by atoms with Gasteiger partial charge in [0.05, 0.1) is 4.92 Å². The van der Waals surface area contributed by atoms with Crippen LogP contribution in [0.1, 0.15) is 10.5 Å². The molecule has 0 unspecified atom stereocenters. The quantitative estimate of drug-likeness (QED) is 0.487. The van der Waals surface area contributed by atoms with E-state index in [1.165, 1.54) is 41.3 Å². The van der Waals surface area contributed by atoms with Crippen molar-refractivity contribution >= 4 is 23.1 Å². The number of nitrogen functional groups attached to an aromatic ring is 1. The fraction of sp³-hybridized carbons (Fsp3) is 0.0833. The first kappa shape index (κ1) is 14.3. The number of nitro benzene ring substituents is 1. The molecule has 0 aliphatic carbocycles. The van der Waals surface area contributed by atoms with Crippen LogP contribution in [-0.2, 0) is 0 Å². The molecule has 2 rings (SSSR count). The monoisotopic (exact) mass is 288 g/mol. The van der Waals surface area contributed by atoms with Gasteiger partial charge in [-0.15, -0.1) is 10.2 Å². The van der Waals surface area contributed by atoms with Crippen LogP contribution in [0.2, 0.25) is 0 Å². The maximum atomic E-state index is 12.2. The lowest BCUT2D eigenvalue weighted by Gasteiger charge is -2.16. The number of non-ortho nitro benzene ring substituents is 1. The highest BCUT2D eigenvalue weighted by Crippen LogP contribution is 2.19. The molecule has 0 aliphatic heterocycles. The minimum absolute atomic E-state index is 0.0437. The molecule has 0 atom stereocenters. The number of rotatable bonds is 4. The zero-order valence-corrected chi connectivity index (χ0v) is 11.1. The van der Waals surface area contributed by atoms with Gasteiger partial charge < -0.3 is 10.3 Å². The second-order valence-electron chi connectivity index (χ2n) is 4.09. The average molecular weight is 288 g/mol. The van der Waals surface area contributed by atoms with Gasteiger partial charge in [-0.05, 0) is 24.3 Å². The van der Waals surface area contributed by atoms with E-state index in [1.54, 1.807) is 7.05 Å². The molecule has 9 nitrogen and oxygen atoms in total. The Morgan fingerprint density at radius 3 is 2.38 bits per heavy atom. The van der Waals surface area contributed by atoms with Crippen molar-refractivity contribution in [1.29, 1.82) is 0 Å². The van der Waals surface area contributed by atoms with Crippen molar-refractivity contribution in [2.24, 2.45) is 5.84 Å². The van der Waals surface area contributed by atoms with E-state index < -0.39 is 4.92 Å². The van der Waals surface area contributed by atoms with E-state index in [2.05, 4.69) is 15.6 Å². The number of nitrogens with one attached hydrogen (secondary N) is 1. The van der Waals surface area contributed by atoms with Gasteiger partial charge in [0.15, 0.2) is 11.5 Å². The third kappa shape index (κ3) is 3.09. The van der Waals surface area contributed by atoms with Crippen LogP contribution in [0.15, 0.2) is 36.4 Å². The lowest BCUT2D eigenvalue weighted by Crippen LogP contribution is -2.27. The minimum Gasteiger partial charge on any atom is -0.310 e. The molecular weight excluding hydrogens is 276 g/mol. The van der Waals surface area contributed by atoms with Crippen LogP contribution in [-0.4, -0.2) is 28.1 Å². The van der Waals surface area contributed by atoms with E-state index in [9.17, 15) is 14.9 Å². The number of anilines is 2. The van der Waals surface area contributed by atoms with E-state index in [0.717, 1.165) is 0 Å². The molecule has 108 valence electrons. The Morgan fingerprint density at radius 1 is 1.24 bits per heavy atom. The molecule has 2 aromatic rings. The summed E-state index contributed by atoms with van der Waals surface area (Å²) in [5.74, 6) is 5.11. The van der Waals surface area contributed by atoms with E-state index in [1.807, 2.05) is 0 Å². The zero-order chi connectivity index (χ0) is 15.4. The molecule has 3 N–H and O–H groups in total. The van der Waals surface area contributed by atoms with E-state index in [0.29, 0.717) is 11.5 Å². The molecule has 9 heteroatoms. The first-order chi connectivity index (χ1) is 10.0. The van der Waals surface area contributed by atoms with Crippen molar-refractivity contribution in [3.63, 3.8) is 0 Å². The SMILES string of the molecule is CN(C(=O)c1ccc(NN)nn1)c1ccc([N+](=O)[O-])cc1. The third-order valence-corrected chi connectivity index (χ3v) is 2.78. The van der Waals surface area contributed by atoms with Gasteiger partial charge in [-0.2, -0.15) is 0 Å². The number of carbonyl (C=O) groups excluding carboxylic acids is 1. The summed E-state index contributed by atoms with van der Waals surface area (Å²) in [6.45, 7) is 0. The predicted octanol–water partition coefficient (Wildman–Crippen LogP) is 0.947. The zero-order valence-electron chi connectivity index (χ0n) is 11.1. The molecule has 1 aromatic carbocycles. The second-order valence-corrected chi connectivity index (χ2v) is 4.09. The molecule has 0 saturated heterocycles. The molecular formula is C12H12N6O3. The topological polar surface area (TPSA) is 127 Å². The Balaban J connectivity index is 2.19. The predicted molar refractivity (Wildman–Crippen MR) is 75.7 cm³/mol. The van der Waals surface area contributed by atoms with E-state index >= 15 is 0 Å². The van der Waals surface area contributed by atoms with Gasteiger partial charge in [0, 0.05) is 24.9 Å². The lowest BCUT2D eigenvalue weighted by atomic mass is 10.2. The third-order valence-electron chi connectivity index (χ3n) is 2.78. The standard InChI is InChI=1S/C12H12N6O3/c1-17(8-2-4-9(5-3-8)18(20)21)12(19)10-6-7-11(14-13)16-15-10/h2-7H,13H2,1H3,(H,14,16). The normalized spacial score (nSPS) is 10.0. The average Bonchev–Trinajstić information content (AvgIpc) is 2.53. The van der Waals surface area contributed by atoms with Gasteiger partial charge >= 0.3 is 0 Å².